The molecule has 0 spiro atoms. The summed E-state index contributed by atoms with van der Waals surface area (Å²) in [4.78, 5) is 16.3. The zero-order valence-electron chi connectivity index (χ0n) is 10.8. The van der Waals surface area contributed by atoms with Crippen molar-refractivity contribution < 1.29 is 4.79 Å². The van der Waals surface area contributed by atoms with Gasteiger partial charge >= 0.3 is 0 Å². The lowest BCUT2D eigenvalue weighted by molar-refractivity contribution is -0.135. The molecular formula is C12H25N3O. The highest BCUT2D eigenvalue weighted by atomic mass is 16.2. The quantitative estimate of drug-likeness (QED) is 0.751. The van der Waals surface area contributed by atoms with Crippen molar-refractivity contribution in [2.24, 2.45) is 5.73 Å². The van der Waals surface area contributed by atoms with Gasteiger partial charge in [-0.05, 0) is 46.7 Å². The smallest absolute Gasteiger partial charge is 0.239 e. The molecule has 0 aromatic heterocycles. The molecule has 16 heavy (non-hydrogen) atoms. The van der Waals surface area contributed by atoms with Crippen LogP contribution in [0.15, 0.2) is 0 Å². The third-order valence-electron chi connectivity index (χ3n) is 3.67. The summed E-state index contributed by atoms with van der Waals surface area (Å²) in [5, 5.41) is 0. The predicted octanol–water partition coefficient (Wildman–Crippen LogP) is 0.666. The van der Waals surface area contributed by atoms with Crippen LogP contribution in [-0.4, -0.2) is 54.5 Å². The van der Waals surface area contributed by atoms with Gasteiger partial charge in [0.05, 0.1) is 6.04 Å². The Kier molecular flexibility index (Phi) is 5.22. The number of nitrogens with two attached hydrogens (primary N) is 1. The Balaban J connectivity index is 2.48. The van der Waals surface area contributed by atoms with Crippen molar-refractivity contribution in [2.75, 3.05) is 26.7 Å². The molecule has 0 aromatic rings. The number of likely N-dealkylation sites (N-methyl/N-ethyl adjacent to an activating group) is 1. The molecule has 94 valence electrons. The van der Waals surface area contributed by atoms with Crippen molar-refractivity contribution in [3.05, 3.63) is 0 Å². The van der Waals surface area contributed by atoms with E-state index in [1.54, 1.807) is 0 Å². The molecule has 1 aliphatic rings. The predicted molar refractivity (Wildman–Crippen MR) is 66.2 cm³/mol. The lowest BCUT2D eigenvalue weighted by atomic mass is 10.1. The minimum Gasteiger partial charge on any atom is -0.341 e. The zero-order valence-corrected chi connectivity index (χ0v) is 10.8. The van der Waals surface area contributed by atoms with Gasteiger partial charge in [0.25, 0.3) is 0 Å². The molecule has 0 saturated carbocycles. The molecule has 1 saturated heterocycles. The standard InChI is InChI=1S/C12H25N3O/c1-10(6-7-13)14(3)11(2)12(16)15-8-4-5-9-15/h10-11H,4-9,13H2,1-3H3. The van der Waals surface area contributed by atoms with E-state index in [2.05, 4.69) is 11.8 Å². The average Bonchev–Trinajstić information content (AvgIpc) is 2.79. The van der Waals surface area contributed by atoms with Crippen molar-refractivity contribution in [2.45, 2.75) is 45.2 Å². The van der Waals surface area contributed by atoms with E-state index in [1.165, 1.54) is 0 Å². The van der Waals surface area contributed by atoms with Gasteiger partial charge in [-0.25, -0.2) is 0 Å². The fourth-order valence-electron chi connectivity index (χ4n) is 2.20. The molecule has 2 unspecified atom stereocenters. The summed E-state index contributed by atoms with van der Waals surface area (Å²) in [5.41, 5.74) is 5.54. The summed E-state index contributed by atoms with van der Waals surface area (Å²) in [6, 6.07) is 0.339. The summed E-state index contributed by atoms with van der Waals surface area (Å²) in [7, 11) is 2.01. The molecule has 2 atom stereocenters. The lowest BCUT2D eigenvalue weighted by Crippen LogP contribution is -2.48. The molecule has 4 nitrogen and oxygen atoms in total. The first-order chi connectivity index (χ1) is 7.57. The Hall–Kier alpha value is -0.610. The van der Waals surface area contributed by atoms with Gasteiger partial charge in [0.15, 0.2) is 0 Å². The molecule has 0 aliphatic carbocycles. The van der Waals surface area contributed by atoms with Crippen LogP contribution in [0.5, 0.6) is 0 Å². The number of hydrogen-bond acceptors (Lipinski definition) is 3. The number of nitrogens with zero attached hydrogens (tertiary/aromatic N) is 2. The number of carbonyl (C=O) groups excluding carboxylic acids is 1. The number of rotatable bonds is 5. The van der Waals surface area contributed by atoms with Gasteiger partial charge in [-0.3, -0.25) is 9.69 Å². The van der Waals surface area contributed by atoms with Crippen molar-refractivity contribution in [1.82, 2.24) is 9.80 Å². The summed E-state index contributed by atoms with van der Waals surface area (Å²) in [6.07, 6.45) is 3.25. The third-order valence-corrected chi connectivity index (χ3v) is 3.67. The second kappa shape index (κ2) is 6.21. The molecule has 1 fully saturated rings. The van der Waals surface area contributed by atoms with E-state index in [1.807, 2.05) is 18.9 Å². The molecule has 0 bridgehead atoms. The van der Waals surface area contributed by atoms with Crippen LogP contribution in [0, 0.1) is 0 Å². The molecule has 4 heteroatoms. The van der Waals surface area contributed by atoms with Crippen LogP contribution in [0.3, 0.4) is 0 Å². The first-order valence-electron chi connectivity index (χ1n) is 6.28. The van der Waals surface area contributed by atoms with Crippen LogP contribution in [0.4, 0.5) is 0 Å². The minimum atomic E-state index is -0.0281. The summed E-state index contributed by atoms with van der Waals surface area (Å²) in [5.74, 6) is 0.267. The highest BCUT2D eigenvalue weighted by Gasteiger charge is 2.27. The SMILES string of the molecule is CC(CCN)N(C)C(C)C(=O)N1CCCC1. The van der Waals surface area contributed by atoms with Crippen molar-refractivity contribution >= 4 is 5.91 Å². The van der Waals surface area contributed by atoms with E-state index in [4.69, 9.17) is 5.73 Å². The summed E-state index contributed by atoms with van der Waals surface area (Å²) >= 11 is 0. The number of carbonyl (C=O) groups is 1. The summed E-state index contributed by atoms with van der Waals surface area (Å²) < 4.78 is 0. The van der Waals surface area contributed by atoms with Crippen molar-refractivity contribution in [3.8, 4) is 0 Å². The van der Waals surface area contributed by atoms with Crippen molar-refractivity contribution in [3.63, 3.8) is 0 Å². The van der Waals surface area contributed by atoms with Crippen LogP contribution in [-0.2, 0) is 4.79 Å². The topological polar surface area (TPSA) is 49.6 Å². The molecule has 1 amide bonds. The van der Waals surface area contributed by atoms with Gasteiger partial charge in [-0.15, -0.1) is 0 Å². The lowest BCUT2D eigenvalue weighted by Gasteiger charge is -2.32. The second-order valence-electron chi connectivity index (χ2n) is 4.80. The Bertz CT molecular complexity index is 226. The van der Waals surface area contributed by atoms with E-state index < -0.39 is 0 Å². The summed E-state index contributed by atoms with van der Waals surface area (Å²) in [6.45, 7) is 6.66. The normalized spacial score (nSPS) is 20.2. The fraction of sp³-hybridized carbons (Fsp3) is 0.917. The van der Waals surface area contributed by atoms with Crippen LogP contribution in [0.1, 0.15) is 33.1 Å². The maximum absolute atomic E-state index is 12.1. The first-order valence-corrected chi connectivity index (χ1v) is 6.28. The van der Waals surface area contributed by atoms with Gasteiger partial charge in [-0.2, -0.15) is 0 Å². The third kappa shape index (κ3) is 3.19. The monoisotopic (exact) mass is 227 g/mol. The maximum atomic E-state index is 12.1. The number of amides is 1. The molecule has 2 N–H and O–H groups in total. The zero-order chi connectivity index (χ0) is 12.1. The van der Waals surface area contributed by atoms with Gasteiger partial charge in [-0.1, -0.05) is 0 Å². The van der Waals surface area contributed by atoms with Gasteiger partial charge in [0.2, 0.25) is 5.91 Å². The van der Waals surface area contributed by atoms with Crippen LogP contribution >= 0.6 is 0 Å². The number of likely N-dealkylation sites (tertiary alicyclic amines) is 1. The molecule has 1 heterocycles. The highest BCUT2D eigenvalue weighted by molar-refractivity contribution is 5.81. The molecule has 0 radical (unpaired) electrons. The fourth-order valence-corrected chi connectivity index (χ4v) is 2.20. The van der Waals surface area contributed by atoms with Crippen LogP contribution in [0.2, 0.25) is 0 Å². The molecule has 0 aromatic carbocycles. The van der Waals surface area contributed by atoms with E-state index in [-0.39, 0.29) is 11.9 Å². The first kappa shape index (κ1) is 13.5. The molecular weight excluding hydrogens is 202 g/mol. The Morgan fingerprint density at radius 1 is 1.38 bits per heavy atom. The molecule has 1 aliphatic heterocycles. The van der Waals surface area contributed by atoms with Gasteiger partial charge < -0.3 is 10.6 Å². The van der Waals surface area contributed by atoms with E-state index in [0.29, 0.717) is 12.6 Å². The van der Waals surface area contributed by atoms with Crippen LogP contribution < -0.4 is 5.73 Å². The maximum Gasteiger partial charge on any atom is 0.239 e. The van der Waals surface area contributed by atoms with Crippen molar-refractivity contribution in [1.29, 1.82) is 0 Å². The van der Waals surface area contributed by atoms with Crippen LogP contribution in [0.25, 0.3) is 0 Å². The Morgan fingerprint density at radius 3 is 2.44 bits per heavy atom. The number of hydrogen-bond donors (Lipinski definition) is 1. The molecule has 1 rings (SSSR count). The van der Waals surface area contributed by atoms with E-state index >= 15 is 0 Å². The largest absolute Gasteiger partial charge is 0.341 e. The second-order valence-corrected chi connectivity index (χ2v) is 4.80. The van der Waals surface area contributed by atoms with Gasteiger partial charge in [0, 0.05) is 19.1 Å². The Morgan fingerprint density at radius 2 is 1.94 bits per heavy atom. The van der Waals surface area contributed by atoms with Gasteiger partial charge in [0.1, 0.15) is 0 Å². The van der Waals surface area contributed by atoms with E-state index in [0.717, 1.165) is 32.4 Å². The highest BCUT2D eigenvalue weighted by Crippen LogP contribution is 2.13. The average molecular weight is 227 g/mol. The van der Waals surface area contributed by atoms with E-state index in [9.17, 15) is 4.79 Å². The minimum absolute atomic E-state index is 0.0281. The Labute approximate surface area is 98.8 Å².